The van der Waals surface area contributed by atoms with Gasteiger partial charge in [0.1, 0.15) is 12.2 Å². The maximum Gasteiger partial charge on any atom is 0.432 e. The third-order valence-corrected chi connectivity index (χ3v) is 6.18. The van der Waals surface area contributed by atoms with Gasteiger partial charge in [-0.2, -0.15) is 27.7 Å². The van der Waals surface area contributed by atoms with Crippen molar-refractivity contribution in [2.75, 3.05) is 0 Å². The van der Waals surface area contributed by atoms with Gasteiger partial charge in [-0.15, -0.1) is 0 Å². The number of halogens is 5. The number of alkyl halides is 4. The van der Waals surface area contributed by atoms with Gasteiger partial charge in [0.25, 0.3) is 5.91 Å². The highest BCUT2D eigenvalue weighted by molar-refractivity contribution is 6.30. The Labute approximate surface area is 196 Å². The summed E-state index contributed by atoms with van der Waals surface area (Å²) in [5, 5.41) is 8.59. The van der Waals surface area contributed by atoms with Crippen molar-refractivity contribution in [2.45, 2.75) is 25.3 Å². The van der Waals surface area contributed by atoms with Gasteiger partial charge < -0.3 is 0 Å². The van der Waals surface area contributed by atoms with E-state index in [2.05, 4.69) is 15.4 Å². The molecule has 34 heavy (non-hydrogen) atoms. The van der Waals surface area contributed by atoms with Crippen molar-refractivity contribution in [3.8, 4) is 0 Å². The number of amides is 1. The van der Waals surface area contributed by atoms with Crippen LogP contribution in [0.4, 0.5) is 23.4 Å². The predicted octanol–water partition coefficient (Wildman–Crippen LogP) is 5.57. The molecule has 2 aliphatic heterocycles. The minimum atomic E-state index is -4.65. The normalized spacial score (nSPS) is 23.6. The van der Waals surface area contributed by atoms with E-state index in [9.17, 15) is 18.0 Å². The van der Waals surface area contributed by atoms with Crippen LogP contribution in [0.1, 0.15) is 34.1 Å². The molecule has 1 aromatic heterocycles. The van der Waals surface area contributed by atoms with Crippen molar-refractivity contribution < 1.29 is 26.8 Å². The van der Waals surface area contributed by atoms with Gasteiger partial charge in [-0.3, -0.25) is 15.2 Å². The van der Waals surface area contributed by atoms with Crippen molar-refractivity contribution in [1.82, 2.24) is 15.5 Å². The summed E-state index contributed by atoms with van der Waals surface area (Å²) in [6, 6.07) is 13.7. The third kappa shape index (κ3) is 3.68. The standard InChI is InChI=1S/C23H16ClF4N5O/c1-22(25)16-5-3-2-4-14(16)11-33(12-18(22)33)21(29-19-10-17(31-32-19)23(26,27)28)30-20(34)13-6-8-15(24)9-7-13/h2-10,12H,11H2,1H3,(H-,29,30,31,32,34)/p+1. The summed E-state index contributed by atoms with van der Waals surface area (Å²) in [6.07, 6.45) is -3.05. The summed E-state index contributed by atoms with van der Waals surface area (Å²) >= 11 is 5.89. The largest absolute Gasteiger partial charge is 0.432 e. The molecule has 2 aliphatic rings. The second-order valence-electron chi connectivity index (χ2n) is 8.24. The van der Waals surface area contributed by atoms with Gasteiger partial charge in [-0.05, 0) is 31.2 Å². The quantitative estimate of drug-likeness (QED) is 0.213. The van der Waals surface area contributed by atoms with Crippen LogP contribution in [0.2, 0.25) is 5.02 Å². The number of aliphatic imine (C=N–C) groups is 1. The topological polar surface area (TPSA) is 70.1 Å². The first-order chi connectivity index (χ1) is 16.0. The molecule has 0 fully saturated rings. The highest BCUT2D eigenvalue weighted by Crippen LogP contribution is 2.55. The minimum Gasteiger partial charge on any atom is -0.271 e. The molecule has 0 saturated heterocycles. The number of carbonyl (C=O) groups excluding carboxylic acids is 1. The van der Waals surface area contributed by atoms with E-state index in [4.69, 9.17) is 11.6 Å². The second kappa shape index (κ2) is 7.51. The summed E-state index contributed by atoms with van der Waals surface area (Å²) in [5.74, 6) is -0.938. The zero-order valence-electron chi connectivity index (χ0n) is 17.6. The summed E-state index contributed by atoms with van der Waals surface area (Å²) in [7, 11) is 0. The highest BCUT2D eigenvalue weighted by Gasteiger charge is 2.65. The molecular formula is C23H17ClF4N5O+. The van der Waals surface area contributed by atoms with Crippen molar-refractivity contribution in [1.29, 1.82) is 0 Å². The van der Waals surface area contributed by atoms with Gasteiger partial charge in [0.2, 0.25) is 11.4 Å². The second-order valence-corrected chi connectivity index (χ2v) is 8.67. The number of nitrogens with zero attached hydrogens (tertiary/aromatic N) is 3. The van der Waals surface area contributed by atoms with Crippen molar-refractivity contribution in [3.05, 3.63) is 93.9 Å². The van der Waals surface area contributed by atoms with Crippen LogP contribution in [-0.2, 0) is 18.4 Å². The summed E-state index contributed by atoms with van der Waals surface area (Å²) in [4.78, 5) is 17.2. The van der Waals surface area contributed by atoms with Crippen LogP contribution in [0.3, 0.4) is 0 Å². The number of benzene rings is 2. The van der Waals surface area contributed by atoms with Gasteiger partial charge in [0.05, 0.1) is 0 Å². The third-order valence-electron chi connectivity index (χ3n) is 5.93. The number of nitrogens with one attached hydrogen (secondary N) is 2. The SMILES string of the molecule is CC1(F)C2=C[N+]2(C(=Nc2cc(C(F)(F)F)[nH]n2)NC(=O)c2ccc(Cl)cc2)Cc2ccccc21. The molecular weight excluding hydrogens is 474 g/mol. The van der Waals surface area contributed by atoms with E-state index >= 15 is 4.39 Å². The number of allylic oxidation sites excluding steroid dienone is 1. The molecule has 0 saturated carbocycles. The minimum absolute atomic E-state index is 0.0615. The molecule has 5 rings (SSSR count). The number of hydrogen-bond acceptors (Lipinski definition) is 3. The van der Waals surface area contributed by atoms with Crippen molar-refractivity contribution in [3.63, 3.8) is 0 Å². The molecule has 0 aliphatic carbocycles. The van der Waals surface area contributed by atoms with E-state index in [1.807, 2.05) is 5.10 Å². The molecule has 2 atom stereocenters. The summed E-state index contributed by atoms with van der Waals surface area (Å²) in [5.41, 5.74) is -1.19. The van der Waals surface area contributed by atoms with Crippen LogP contribution >= 0.6 is 11.6 Å². The molecule has 6 nitrogen and oxygen atoms in total. The van der Waals surface area contributed by atoms with E-state index in [-0.39, 0.29) is 28.4 Å². The maximum absolute atomic E-state index is 15.9. The fourth-order valence-electron chi connectivity index (χ4n) is 4.19. The van der Waals surface area contributed by atoms with Gasteiger partial charge >= 0.3 is 12.1 Å². The monoisotopic (exact) mass is 490 g/mol. The zero-order chi connectivity index (χ0) is 24.3. The molecule has 3 heterocycles. The number of aromatic nitrogens is 2. The van der Waals surface area contributed by atoms with Crippen LogP contribution in [0.25, 0.3) is 0 Å². The Balaban J connectivity index is 1.56. The molecule has 11 heteroatoms. The number of quaternary nitrogens is 1. The summed E-state index contributed by atoms with van der Waals surface area (Å²) in [6.45, 7) is 1.65. The smallest absolute Gasteiger partial charge is 0.271 e. The number of fused-ring (bicyclic) bond motifs is 2. The van der Waals surface area contributed by atoms with E-state index in [1.165, 1.54) is 31.2 Å². The number of carbonyl (C=O) groups is 1. The first-order valence-electron chi connectivity index (χ1n) is 10.2. The van der Waals surface area contributed by atoms with Crippen LogP contribution < -0.4 is 5.32 Å². The lowest BCUT2D eigenvalue weighted by Crippen LogP contribution is -2.50. The molecule has 2 unspecified atom stereocenters. The Morgan fingerprint density at radius 3 is 2.59 bits per heavy atom. The predicted molar refractivity (Wildman–Crippen MR) is 117 cm³/mol. The summed E-state index contributed by atoms with van der Waals surface area (Å²) < 4.78 is 54.8. The number of aromatic amines is 1. The number of hydrogen-bond donors (Lipinski definition) is 2. The first-order valence-corrected chi connectivity index (χ1v) is 10.6. The van der Waals surface area contributed by atoms with Gasteiger partial charge in [0.15, 0.2) is 12.0 Å². The molecule has 0 bridgehead atoms. The number of H-pyrrole nitrogens is 1. The first kappa shape index (κ1) is 22.3. The Bertz CT molecular complexity index is 1360. The van der Waals surface area contributed by atoms with Crippen molar-refractivity contribution >= 4 is 29.3 Å². The Kier molecular flexibility index (Phi) is 4.92. The fraction of sp³-hybridized carbons (Fsp3) is 0.174. The van der Waals surface area contributed by atoms with Crippen LogP contribution in [0.5, 0.6) is 0 Å². The lowest BCUT2D eigenvalue weighted by Gasteiger charge is -2.32. The maximum atomic E-state index is 15.9. The molecule has 174 valence electrons. The van der Waals surface area contributed by atoms with Crippen LogP contribution in [0, 0.1) is 0 Å². The molecule has 1 amide bonds. The lowest BCUT2D eigenvalue weighted by molar-refractivity contribution is -0.705. The number of guanidine groups is 1. The molecule has 0 radical (unpaired) electrons. The molecule has 2 aromatic carbocycles. The molecule has 2 N–H and O–H groups in total. The average Bonchev–Trinajstić information content (AvgIpc) is 3.34. The zero-order valence-corrected chi connectivity index (χ0v) is 18.4. The molecule has 3 aromatic rings. The van der Waals surface area contributed by atoms with Gasteiger partial charge in [-0.25, -0.2) is 4.39 Å². The highest BCUT2D eigenvalue weighted by atomic mass is 35.5. The van der Waals surface area contributed by atoms with Crippen LogP contribution in [0.15, 0.2) is 71.5 Å². The van der Waals surface area contributed by atoms with E-state index in [1.54, 1.807) is 30.5 Å². The van der Waals surface area contributed by atoms with Gasteiger partial charge in [-0.1, -0.05) is 35.9 Å². The fourth-order valence-corrected chi connectivity index (χ4v) is 4.32. The number of rotatable bonds is 2. The van der Waals surface area contributed by atoms with E-state index < -0.39 is 23.4 Å². The Hall–Kier alpha value is -3.50. The average molecular weight is 491 g/mol. The van der Waals surface area contributed by atoms with Crippen LogP contribution in [-0.4, -0.2) is 26.5 Å². The molecule has 0 spiro atoms. The van der Waals surface area contributed by atoms with E-state index in [0.717, 1.165) is 6.07 Å². The lowest BCUT2D eigenvalue weighted by atomic mass is 9.88. The Morgan fingerprint density at radius 2 is 1.91 bits per heavy atom. The Morgan fingerprint density at radius 1 is 1.21 bits per heavy atom. The van der Waals surface area contributed by atoms with Gasteiger partial charge in [0, 0.05) is 27.8 Å². The van der Waals surface area contributed by atoms with Crippen molar-refractivity contribution in [2.24, 2.45) is 4.99 Å². The van der Waals surface area contributed by atoms with E-state index in [0.29, 0.717) is 21.8 Å².